The first-order valence-electron chi connectivity index (χ1n) is 7.23. The lowest BCUT2D eigenvalue weighted by molar-refractivity contribution is -0.141. The minimum Gasteiger partial charge on any atom is -0.493 e. The number of rotatable bonds is 7. The third-order valence-corrected chi connectivity index (χ3v) is 3.25. The topological polar surface area (TPSA) is 78.4 Å². The minimum absolute atomic E-state index is 0.0242. The molecule has 126 valence electrons. The molecule has 0 aliphatic rings. The fourth-order valence-electron chi connectivity index (χ4n) is 2.31. The summed E-state index contributed by atoms with van der Waals surface area (Å²) in [7, 11) is 0. The summed E-state index contributed by atoms with van der Waals surface area (Å²) in [5.74, 6) is -0.0453. The molecule has 2 N–H and O–H groups in total. The number of alkyl halides is 3. The van der Waals surface area contributed by atoms with E-state index in [1.54, 1.807) is 6.07 Å². The van der Waals surface area contributed by atoms with Gasteiger partial charge in [-0.05, 0) is 24.5 Å². The van der Waals surface area contributed by atoms with Crippen LogP contribution < -0.4 is 10.5 Å². The molecule has 0 bridgehead atoms. The van der Waals surface area contributed by atoms with Crippen LogP contribution in [-0.2, 0) is 17.4 Å². The second-order valence-electron chi connectivity index (χ2n) is 5.15. The van der Waals surface area contributed by atoms with Gasteiger partial charge in [0.2, 0.25) is 5.91 Å². The van der Waals surface area contributed by atoms with Crippen molar-refractivity contribution in [2.24, 2.45) is 5.73 Å². The number of hydrogen-bond donors (Lipinski definition) is 1. The molecule has 0 aliphatic heterocycles. The van der Waals surface area contributed by atoms with Gasteiger partial charge in [-0.2, -0.15) is 13.2 Å². The summed E-state index contributed by atoms with van der Waals surface area (Å²) < 4.78 is 49.3. The summed E-state index contributed by atoms with van der Waals surface area (Å²) in [6.07, 6.45) is -2.84. The maximum Gasteiger partial charge on any atom is 0.437 e. The van der Waals surface area contributed by atoms with Crippen LogP contribution in [0.5, 0.6) is 5.75 Å². The Balaban J connectivity index is 2.30. The van der Waals surface area contributed by atoms with Crippen molar-refractivity contribution in [2.75, 3.05) is 6.61 Å². The average molecular weight is 330 g/mol. The van der Waals surface area contributed by atoms with Gasteiger partial charge >= 0.3 is 6.18 Å². The molecule has 8 heteroatoms. The standard InChI is InChI=1S/C15H17F3N2O3/c1-2-4-9-7-10(22-6-3-5-12(19)21)8-11-13(9)14(20-23-11)15(16,17)18/h7-8H,2-6H2,1H3,(H2,19,21). The number of ether oxygens (including phenoxy) is 1. The maximum absolute atomic E-state index is 13.0. The fourth-order valence-corrected chi connectivity index (χ4v) is 2.31. The molecule has 1 heterocycles. The van der Waals surface area contributed by atoms with E-state index in [4.69, 9.17) is 15.0 Å². The molecule has 2 aromatic rings. The number of amides is 1. The van der Waals surface area contributed by atoms with E-state index in [1.165, 1.54) is 6.07 Å². The molecule has 1 aromatic heterocycles. The highest BCUT2D eigenvalue weighted by Crippen LogP contribution is 2.37. The monoisotopic (exact) mass is 330 g/mol. The SMILES string of the molecule is CCCc1cc(OCCCC(N)=O)cc2onc(C(F)(F)F)c12. The Hall–Kier alpha value is -2.25. The molecule has 0 saturated carbocycles. The number of primary amides is 1. The highest BCUT2D eigenvalue weighted by molar-refractivity contribution is 5.85. The second kappa shape index (κ2) is 6.89. The summed E-state index contributed by atoms with van der Waals surface area (Å²) in [6, 6.07) is 2.93. The second-order valence-corrected chi connectivity index (χ2v) is 5.15. The lowest BCUT2D eigenvalue weighted by atomic mass is 10.0. The van der Waals surface area contributed by atoms with Gasteiger partial charge in [0.25, 0.3) is 0 Å². The first-order valence-corrected chi connectivity index (χ1v) is 7.23. The minimum atomic E-state index is -4.57. The van der Waals surface area contributed by atoms with Crippen LogP contribution in [0.3, 0.4) is 0 Å². The van der Waals surface area contributed by atoms with Gasteiger partial charge in [-0.15, -0.1) is 0 Å². The number of fused-ring (bicyclic) bond motifs is 1. The van der Waals surface area contributed by atoms with Crippen LogP contribution in [0, 0.1) is 0 Å². The number of carbonyl (C=O) groups is 1. The van der Waals surface area contributed by atoms with Crippen LogP contribution in [0.15, 0.2) is 16.7 Å². The van der Waals surface area contributed by atoms with Crippen molar-refractivity contribution in [2.45, 2.75) is 38.8 Å². The van der Waals surface area contributed by atoms with Crippen molar-refractivity contribution in [3.63, 3.8) is 0 Å². The van der Waals surface area contributed by atoms with Crippen molar-refractivity contribution < 1.29 is 27.2 Å². The van der Waals surface area contributed by atoms with Crippen LogP contribution in [0.25, 0.3) is 11.0 Å². The highest BCUT2D eigenvalue weighted by atomic mass is 19.4. The third-order valence-electron chi connectivity index (χ3n) is 3.25. The van der Waals surface area contributed by atoms with Gasteiger partial charge in [0, 0.05) is 12.5 Å². The van der Waals surface area contributed by atoms with Gasteiger partial charge in [-0.3, -0.25) is 4.79 Å². The first kappa shape index (κ1) is 17.1. The van der Waals surface area contributed by atoms with Crippen LogP contribution in [0.4, 0.5) is 13.2 Å². The predicted molar refractivity (Wildman–Crippen MR) is 76.9 cm³/mol. The number of aryl methyl sites for hydroxylation is 1. The van der Waals surface area contributed by atoms with Gasteiger partial charge in [0.1, 0.15) is 5.75 Å². The Labute approximate surface area is 130 Å². The van der Waals surface area contributed by atoms with E-state index >= 15 is 0 Å². The lowest BCUT2D eigenvalue weighted by Gasteiger charge is -2.09. The van der Waals surface area contributed by atoms with Crippen LogP contribution >= 0.6 is 0 Å². The van der Waals surface area contributed by atoms with Crippen LogP contribution in [0.2, 0.25) is 0 Å². The Morgan fingerprint density at radius 1 is 1.39 bits per heavy atom. The van der Waals surface area contributed by atoms with E-state index in [0.717, 1.165) is 0 Å². The third kappa shape index (κ3) is 4.14. The number of aromatic nitrogens is 1. The number of benzene rings is 1. The van der Waals surface area contributed by atoms with Crippen molar-refractivity contribution in [1.82, 2.24) is 5.16 Å². The molecule has 0 spiro atoms. The van der Waals surface area contributed by atoms with E-state index in [0.29, 0.717) is 30.6 Å². The molecular weight excluding hydrogens is 313 g/mol. The van der Waals surface area contributed by atoms with Gasteiger partial charge in [0.15, 0.2) is 11.3 Å². The molecule has 2 rings (SSSR count). The summed E-state index contributed by atoms with van der Waals surface area (Å²) in [5, 5.41) is 3.13. The summed E-state index contributed by atoms with van der Waals surface area (Å²) in [5.41, 5.74) is 4.52. The van der Waals surface area contributed by atoms with Crippen LogP contribution in [-0.4, -0.2) is 17.7 Å². The molecule has 1 amide bonds. The van der Waals surface area contributed by atoms with Crippen molar-refractivity contribution in [1.29, 1.82) is 0 Å². The zero-order valence-corrected chi connectivity index (χ0v) is 12.6. The molecular formula is C15H17F3N2O3. The van der Waals surface area contributed by atoms with Gasteiger partial charge in [0.05, 0.1) is 12.0 Å². The quantitative estimate of drug-likeness (QED) is 0.789. The Morgan fingerprint density at radius 3 is 2.74 bits per heavy atom. The van der Waals surface area contributed by atoms with Gasteiger partial charge < -0.3 is 15.0 Å². The molecule has 0 radical (unpaired) electrons. The zero-order valence-electron chi connectivity index (χ0n) is 12.6. The maximum atomic E-state index is 13.0. The molecule has 5 nitrogen and oxygen atoms in total. The number of nitrogens with two attached hydrogens (primary N) is 1. The normalized spacial score (nSPS) is 11.8. The molecule has 0 atom stereocenters. The molecule has 23 heavy (non-hydrogen) atoms. The molecule has 1 aromatic carbocycles. The number of nitrogens with zero attached hydrogens (tertiary/aromatic N) is 1. The van der Waals surface area contributed by atoms with Gasteiger partial charge in [-0.25, -0.2) is 0 Å². The predicted octanol–water partition coefficient (Wildman–Crippen LogP) is 3.44. The Bertz CT molecular complexity index is 695. The number of hydrogen-bond acceptors (Lipinski definition) is 4. The summed E-state index contributed by atoms with van der Waals surface area (Å²) >= 11 is 0. The van der Waals surface area contributed by atoms with Crippen LogP contribution in [0.1, 0.15) is 37.4 Å². The van der Waals surface area contributed by atoms with Crippen molar-refractivity contribution >= 4 is 16.9 Å². The van der Waals surface area contributed by atoms with E-state index in [2.05, 4.69) is 5.16 Å². The molecule has 0 unspecified atom stereocenters. The Kier molecular flexibility index (Phi) is 5.12. The van der Waals surface area contributed by atoms with E-state index in [1.807, 2.05) is 6.92 Å². The summed E-state index contributed by atoms with van der Waals surface area (Å²) in [4.78, 5) is 10.7. The molecule has 0 saturated heterocycles. The largest absolute Gasteiger partial charge is 0.493 e. The first-order chi connectivity index (χ1) is 10.8. The van der Waals surface area contributed by atoms with E-state index in [9.17, 15) is 18.0 Å². The summed E-state index contributed by atoms with van der Waals surface area (Å²) in [6.45, 7) is 2.10. The number of halogens is 3. The average Bonchev–Trinajstić information content (AvgIpc) is 2.88. The zero-order chi connectivity index (χ0) is 17.0. The number of carbonyl (C=O) groups excluding carboxylic acids is 1. The molecule has 0 fully saturated rings. The highest BCUT2D eigenvalue weighted by Gasteiger charge is 2.38. The van der Waals surface area contributed by atoms with E-state index in [-0.39, 0.29) is 24.0 Å². The Morgan fingerprint density at radius 2 is 2.13 bits per heavy atom. The fraction of sp³-hybridized carbons (Fsp3) is 0.467. The van der Waals surface area contributed by atoms with Crippen molar-refractivity contribution in [3.05, 3.63) is 23.4 Å². The molecule has 0 aliphatic carbocycles. The van der Waals surface area contributed by atoms with Crippen molar-refractivity contribution in [3.8, 4) is 5.75 Å². The smallest absolute Gasteiger partial charge is 0.437 e. The van der Waals surface area contributed by atoms with E-state index < -0.39 is 17.8 Å². The lowest BCUT2D eigenvalue weighted by Crippen LogP contribution is -2.11. The van der Waals surface area contributed by atoms with Gasteiger partial charge in [-0.1, -0.05) is 18.5 Å².